The number of carbonyl (C=O) groups excluding carboxylic acids is 1. The molecule has 0 fully saturated rings. The van der Waals surface area contributed by atoms with Crippen LogP contribution in [0.15, 0.2) is 36.7 Å². The molecule has 1 atom stereocenters. The number of carbonyl (C=O) groups is 1. The second kappa shape index (κ2) is 7.68. The third-order valence-electron chi connectivity index (χ3n) is 4.04. The average Bonchev–Trinajstić information content (AvgIpc) is 2.61. The van der Waals surface area contributed by atoms with Crippen LogP contribution in [0.25, 0.3) is 0 Å². The number of fused-ring (bicyclic) bond motifs is 1. The molecule has 3 rings (SSSR count). The summed E-state index contributed by atoms with van der Waals surface area (Å²) in [5.74, 6) is -0.395. The monoisotopic (exact) mass is 349 g/mol. The number of hydrogen-bond donors (Lipinski definition) is 0. The number of halogens is 2. The third kappa shape index (κ3) is 3.88. The van der Waals surface area contributed by atoms with Crippen molar-refractivity contribution in [3.63, 3.8) is 0 Å². The molecule has 7 heteroatoms. The first-order valence-corrected chi connectivity index (χ1v) is 8.03. The molecule has 1 aromatic carbocycles. The largest absolute Gasteiger partial charge is 0.460 e. The van der Waals surface area contributed by atoms with Gasteiger partial charge in [0.1, 0.15) is 24.8 Å². The lowest BCUT2D eigenvalue weighted by Crippen LogP contribution is -2.45. The highest BCUT2D eigenvalue weighted by atomic mass is 35.5. The van der Waals surface area contributed by atoms with Crippen LogP contribution in [-0.2, 0) is 29.1 Å². The van der Waals surface area contributed by atoms with Crippen molar-refractivity contribution >= 4 is 17.6 Å². The number of aromatic nitrogens is 2. The predicted molar refractivity (Wildman–Crippen MR) is 87.2 cm³/mol. The quantitative estimate of drug-likeness (QED) is 0.613. The molecule has 2 aromatic rings. The third-order valence-corrected chi connectivity index (χ3v) is 4.37. The Hall–Kier alpha value is -2.05. The van der Waals surface area contributed by atoms with Gasteiger partial charge in [-0.3, -0.25) is 9.69 Å². The molecule has 1 aliphatic rings. The van der Waals surface area contributed by atoms with Crippen LogP contribution in [0, 0.1) is 0 Å². The van der Waals surface area contributed by atoms with E-state index in [4.69, 9.17) is 16.3 Å². The summed E-state index contributed by atoms with van der Waals surface area (Å²) in [5.41, 5.74) is 2.40. The van der Waals surface area contributed by atoms with E-state index in [2.05, 4.69) is 9.97 Å². The Morgan fingerprint density at radius 2 is 2.12 bits per heavy atom. The van der Waals surface area contributed by atoms with Crippen LogP contribution in [0.3, 0.4) is 0 Å². The summed E-state index contributed by atoms with van der Waals surface area (Å²) in [6.07, 6.45) is 1.78. The molecule has 0 saturated heterocycles. The number of hydrogen-bond acceptors (Lipinski definition) is 5. The van der Waals surface area contributed by atoms with Gasteiger partial charge < -0.3 is 4.74 Å². The number of rotatable bonds is 5. The highest BCUT2D eigenvalue weighted by molar-refractivity contribution is 6.30. The fraction of sp³-hybridized carbons (Fsp3) is 0.353. The zero-order valence-electron chi connectivity index (χ0n) is 13.0. The highest BCUT2D eigenvalue weighted by Gasteiger charge is 2.30. The lowest BCUT2D eigenvalue weighted by Gasteiger charge is -2.34. The van der Waals surface area contributed by atoms with Crippen molar-refractivity contribution in [2.45, 2.75) is 25.6 Å². The van der Waals surface area contributed by atoms with Crippen molar-refractivity contribution in [2.75, 3.05) is 13.2 Å². The summed E-state index contributed by atoms with van der Waals surface area (Å²) >= 11 is 6.09. The van der Waals surface area contributed by atoms with E-state index in [1.807, 2.05) is 30.3 Å². The van der Waals surface area contributed by atoms with Gasteiger partial charge in [-0.25, -0.2) is 14.4 Å². The minimum atomic E-state index is -0.562. The lowest BCUT2D eigenvalue weighted by atomic mass is 10.0. The van der Waals surface area contributed by atoms with Crippen molar-refractivity contribution in [1.82, 2.24) is 14.9 Å². The van der Waals surface area contributed by atoms with Crippen molar-refractivity contribution in [1.29, 1.82) is 0 Å². The van der Waals surface area contributed by atoms with Crippen molar-refractivity contribution in [3.8, 4) is 0 Å². The number of alkyl halides is 1. The van der Waals surface area contributed by atoms with E-state index >= 15 is 0 Å². The Morgan fingerprint density at radius 1 is 1.33 bits per heavy atom. The molecule has 24 heavy (non-hydrogen) atoms. The second-order valence-corrected chi connectivity index (χ2v) is 6.01. The highest BCUT2D eigenvalue weighted by Crippen LogP contribution is 2.26. The number of esters is 1. The Balaban J connectivity index is 1.63. The minimum absolute atomic E-state index is 0.00604. The van der Waals surface area contributed by atoms with E-state index in [0.717, 1.165) is 16.8 Å². The van der Waals surface area contributed by atoms with E-state index in [0.29, 0.717) is 18.1 Å². The Bertz CT molecular complexity index is 714. The van der Waals surface area contributed by atoms with Crippen LogP contribution in [0.5, 0.6) is 0 Å². The van der Waals surface area contributed by atoms with Gasteiger partial charge in [-0.15, -0.1) is 0 Å². The molecular formula is C17H17ClFN3O2. The Morgan fingerprint density at radius 3 is 2.88 bits per heavy atom. The maximum absolute atomic E-state index is 13.4. The summed E-state index contributed by atoms with van der Waals surface area (Å²) in [4.78, 5) is 21.9. The fourth-order valence-electron chi connectivity index (χ4n) is 2.73. The van der Waals surface area contributed by atoms with Gasteiger partial charge in [0.15, 0.2) is 0 Å². The van der Waals surface area contributed by atoms with Gasteiger partial charge in [0.25, 0.3) is 0 Å². The van der Waals surface area contributed by atoms with E-state index in [1.54, 1.807) is 4.90 Å². The maximum atomic E-state index is 13.4. The Labute approximate surface area is 144 Å². The zero-order chi connectivity index (χ0) is 16.9. The van der Waals surface area contributed by atoms with Crippen LogP contribution in [0.1, 0.15) is 16.8 Å². The summed E-state index contributed by atoms with van der Waals surface area (Å²) in [6, 6.07) is 9.01. The molecular weight excluding hydrogens is 333 g/mol. The smallest absolute Gasteiger partial charge is 0.320 e. The van der Waals surface area contributed by atoms with E-state index < -0.39 is 18.7 Å². The van der Waals surface area contributed by atoms with Gasteiger partial charge in [0.05, 0.1) is 12.2 Å². The molecule has 0 aliphatic carbocycles. The van der Waals surface area contributed by atoms with Gasteiger partial charge in [0.2, 0.25) is 0 Å². The van der Waals surface area contributed by atoms with Crippen molar-refractivity contribution < 1.29 is 13.9 Å². The van der Waals surface area contributed by atoms with E-state index in [-0.39, 0.29) is 13.2 Å². The fourth-order valence-corrected chi connectivity index (χ4v) is 2.94. The second-order valence-electron chi connectivity index (χ2n) is 5.65. The number of nitrogens with zero attached hydrogens (tertiary/aromatic N) is 3. The Kier molecular flexibility index (Phi) is 5.37. The van der Waals surface area contributed by atoms with Gasteiger partial charge in [-0.05, 0) is 5.56 Å². The molecule has 5 nitrogen and oxygen atoms in total. The normalized spacial score (nSPS) is 17.3. The zero-order valence-corrected chi connectivity index (χ0v) is 13.7. The van der Waals surface area contributed by atoms with E-state index in [9.17, 15) is 9.18 Å². The molecule has 0 N–H and O–H groups in total. The molecule has 2 heterocycles. The maximum Gasteiger partial charge on any atom is 0.320 e. The molecule has 0 bridgehead atoms. The summed E-state index contributed by atoms with van der Waals surface area (Å²) in [5, 5.41) is 0.347. The molecule has 1 aromatic heterocycles. The topological polar surface area (TPSA) is 55.3 Å². The first kappa shape index (κ1) is 16.8. The van der Waals surface area contributed by atoms with Crippen LogP contribution in [-0.4, -0.2) is 40.1 Å². The number of ether oxygens (including phenoxy) is 1. The average molecular weight is 350 g/mol. The molecule has 0 spiro atoms. The molecule has 0 radical (unpaired) electrons. The van der Waals surface area contributed by atoms with Crippen molar-refractivity contribution in [2.24, 2.45) is 0 Å². The summed E-state index contributed by atoms with van der Waals surface area (Å²) < 4.78 is 18.6. The number of benzene rings is 1. The van der Waals surface area contributed by atoms with Gasteiger partial charge in [0, 0.05) is 24.6 Å². The molecule has 1 aliphatic heterocycles. The SMILES string of the molecule is O=C(CN1Cc2c(Cl)ncnc2CC1CF)OCc1ccccc1. The van der Waals surface area contributed by atoms with Crippen molar-refractivity contribution in [3.05, 3.63) is 58.6 Å². The van der Waals surface area contributed by atoms with Crippen LogP contribution in [0.4, 0.5) is 4.39 Å². The van der Waals surface area contributed by atoms with Gasteiger partial charge in [-0.2, -0.15) is 0 Å². The first-order chi connectivity index (χ1) is 11.7. The standard InChI is InChI=1S/C17H17ClFN3O2/c18-17-14-8-22(13(7-19)6-15(14)20-11-21-17)9-16(23)24-10-12-4-2-1-3-5-12/h1-5,11,13H,6-10H2. The summed E-state index contributed by atoms with van der Waals surface area (Å²) in [7, 11) is 0. The first-order valence-electron chi connectivity index (χ1n) is 7.65. The van der Waals surface area contributed by atoms with Gasteiger partial charge in [-0.1, -0.05) is 41.9 Å². The van der Waals surface area contributed by atoms with Crippen LogP contribution in [0.2, 0.25) is 5.15 Å². The lowest BCUT2D eigenvalue weighted by molar-refractivity contribution is -0.147. The predicted octanol–water partition coefficient (Wildman–Crippen LogP) is 2.57. The molecule has 126 valence electrons. The molecule has 1 unspecified atom stereocenters. The minimum Gasteiger partial charge on any atom is -0.460 e. The molecule has 0 amide bonds. The summed E-state index contributed by atoms with van der Waals surface area (Å²) in [6.45, 7) is -0.0165. The van der Waals surface area contributed by atoms with Crippen LogP contribution < -0.4 is 0 Å². The molecule has 0 saturated carbocycles. The van der Waals surface area contributed by atoms with Gasteiger partial charge >= 0.3 is 5.97 Å². The van der Waals surface area contributed by atoms with Crippen LogP contribution >= 0.6 is 11.6 Å². The van der Waals surface area contributed by atoms with E-state index in [1.165, 1.54) is 6.33 Å².